The van der Waals surface area contributed by atoms with E-state index in [1.807, 2.05) is 4.57 Å². The molecule has 1 aliphatic carbocycles. The van der Waals surface area contributed by atoms with E-state index in [4.69, 9.17) is 5.73 Å². The molecule has 28 heavy (non-hydrogen) atoms. The number of rotatable bonds is 10. The number of aryl methyl sites for hydroxylation is 1. The lowest BCUT2D eigenvalue weighted by Gasteiger charge is -2.19. The monoisotopic (exact) mass is 387 g/mol. The van der Waals surface area contributed by atoms with E-state index >= 15 is 0 Å². The van der Waals surface area contributed by atoms with Crippen molar-refractivity contribution in [1.29, 1.82) is 0 Å². The van der Waals surface area contributed by atoms with Crippen molar-refractivity contribution in [2.45, 2.75) is 77.2 Å². The van der Waals surface area contributed by atoms with Gasteiger partial charge < -0.3 is 10.3 Å². The number of aromatic nitrogens is 4. The molecule has 1 saturated carbocycles. The molecule has 152 valence electrons. The van der Waals surface area contributed by atoms with Crippen LogP contribution in [-0.4, -0.2) is 31.1 Å². The van der Waals surface area contributed by atoms with Gasteiger partial charge in [-0.25, -0.2) is 4.98 Å². The smallest absolute Gasteiger partial charge is 0.278 e. The summed E-state index contributed by atoms with van der Waals surface area (Å²) in [5.41, 5.74) is 6.10. The van der Waals surface area contributed by atoms with E-state index in [1.165, 1.54) is 0 Å². The number of hydrogen-bond donors (Lipinski definition) is 2. The largest absolute Gasteiger partial charge is 0.369 e. The van der Waals surface area contributed by atoms with Gasteiger partial charge in [0.05, 0.1) is 12.2 Å². The van der Waals surface area contributed by atoms with Crippen molar-refractivity contribution in [3.63, 3.8) is 0 Å². The van der Waals surface area contributed by atoms with E-state index in [-0.39, 0.29) is 29.0 Å². The van der Waals surface area contributed by atoms with Crippen LogP contribution in [0.25, 0.3) is 11.2 Å². The number of nitrogens with one attached hydrogen (secondary N) is 1. The van der Waals surface area contributed by atoms with Crippen LogP contribution in [0.3, 0.4) is 0 Å². The Morgan fingerprint density at radius 2 is 1.89 bits per heavy atom. The average molecular weight is 387 g/mol. The first-order valence-corrected chi connectivity index (χ1v) is 10.3. The van der Waals surface area contributed by atoms with E-state index in [0.29, 0.717) is 30.6 Å². The van der Waals surface area contributed by atoms with Crippen molar-refractivity contribution >= 4 is 28.7 Å². The number of unbranched alkanes of at least 4 members (excludes halogenated alkanes) is 5. The highest BCUT2D eigenvalue weighted by molar-refractivity contribution is 6.02. The standard InChI is InChI=1S/C20H29N5O3/c21-20-23-18-17(19(28)24-20)25(13-22-18)12-8-4-2-1-3-5-10-15(26)14-9-6-7-11-16(14)27/h13-14H,1-12H2,(H3,21,23,24,28). The summed E-state index contributed by atoms with van der Waals surface area (Å²) in [6, 6.07) is 0. The molecule has 8 nitrogen and oxygen atoms in total. The second-order valence-electron chi connectivity index (χ2n) is 7.66. The van der Waals surface area contributed by atoms with Crippen molar-refractivity contribution < 1.29 is 9.59 Å². The topological polar surface area (TPSA) is 124 Å². The molecular weight excluding hydrogens is 358 g/mol. The van der Waals surface area contributed by atoms with Crippen molar-refractivity contribution in [2.24, 2.45) is 5.92 Å². The zero-order valence-corrected chi connectivity index (χ0v) is 16.3. The molecule has 0 amide bonds. The first kappa shape index (κ1) is 20.2. The van der Waals surface area contributed by atoms with Crippen molar-refractivity contribution in [3.8, 4) is 0 Å². The molecule has 0 aromatic carbocycles. The first-order valence-electron chi connectivity index (χ1n) is 10.3. The van der Waals surface area contributed by atoms with Crippen molar-refractivity contribution in [1.82, 2.24) is 19.5 Å². The number of anilines is 1. The van der Waals surface area contributed by atoms with Crippen LogP contribution in [-0.2, 0) is 16.1 Å². The molecule has 1 fully saturated rings. The number of aromatic amines is 1. The van der Waals surface area contributed by atoms with Crippen LogP contribution >= 0.6 is 0 Å². The number of H-pyrrole nitrogens is 1. The van der Waals surface area contributed by atoms with Gasteiger partial charge in [0.1, 0.15) is 11.6 Å². The molecule has 0 spiro atoms. The summed E-state index contributed by atoms with van der Waals surface area (Å²) < 4.78 is 1.82. The number of imidazole rings is 1. The number of carbonyl (C=O) groups is 2. The molecule has 2 aromatic rings. The molecular formula is C20H29N5O3. The Hall–Kier alpha value is -2.51. The number of fused-ring (bicyclic) bond motifs is 1. The third-order valence-corrected chi connectivity index (χ3v) is 5.52. The first-order chi connectivity index (χ1) is 13.6. The Kier molecular flexibility index (Phi) is 6.95. The van der Waals surface area contributed by atoms with Crippen LogP contribution in [0.4, 0.5) is 5.95 Å². The Labute approximate surface area is 163 Å². The zero-order chi connectivity index (χ0) is 19.9. The lowest BCUT2D eigenvalue weighted by Crippen LogP contribution is -2.27. The lowest BCUT2D eigenvalue weighted by atomic mass is 9.83. The highest BCUT2D eigenvalue weighted by Gasteiger charge is 2.27. The molecule has 0 radical (unpaired) electrons. The highest BCUT2D eigenvalue weighted by Crippen LogP contribution is 2.23. The number of Topliss-reactive ketones (excluding diaryl/α,β-unsaturated/α-hetero) is 2. The Bertz CT molecular complexity index is 886. The molecule has 2 aromatic heterocycles. The molecule has 3 N–H and O–H groups in total. The number of carbonyl (C=O) groups excluding carboxylic acids is 2. The molecule has 0 saturated heterocycles. The quantitative estimate of drug-likeness (QED) is 0.477. The minimum Gasteiger partial charge on any atom is -0.369 e. The lowest BCUT2D eigenvalue weighted by molar-refractivity contribution is -0.134. The Morgan fingerprint density at radius 1 is 1.14 bits per heavy atom. The Morgan fingerprint density at radius 3 is 2.68 bits per heavy atom. The molecule has 1 aliphatic rings. The number of ketones is 2. The summed E-state index contributed by atoms with van der Waals surface area (Å²) >= 11 is 0. The minimum absolute atomic E-state index is 0.0779. The second-order valence-corrected chi connectivity index (χ2v) is 7.66. The molecule has 1 atom stereocenters. The van der Waals surface area contributed by atoms with Gasteiger partial charge in [-0.1, -0.05) is 32.1 Å². The summed E-state index contributed by atoms with van der Waals surface area (Å²) in [5, 5.41) is 0. The maximum atomic E-state index is 12.2. The summed E-state index contributed by atoms with van der Waals surface area (Å²) in [4.78, 5) is 46.6. The van der Waals surface area contributed by atoms with Gasteiger partial charge >= 0.3 is 0 Å². The van der Waals surface area contributed by atoms with Gasteiger partial charge in [0.15, 0.2) is 11.2 Å². The van der Waals surface area contributed by atoms with Gasteiger partial charge in [-0.2, -0.15) is 4.98 Å². The van der Waals surface area contributed by atoms with E-state index in [9.17, 15) is 14.4 Å². The summed E-state index contributed by atoms with van der Waals surface area (Å²) in [7, 11) is 0. The fourth-order valence-corrected chi connectivity index (χ4v) is 3.96. The van der Waals surface area contributed by atoms with Gasteiger partial charge in [-0.3, -0.25) is 19.4 Å². The van der Waals surface area contributed by atoms with Crippen molar-refractivity contribution in [3.05, 3.63) is 16.7 Å². The van der Waals surface area contributed by atoms with E-state index < -0.39 is 0 Å². The van der Waals surface area contributed by atoms with E-state index in [0.717, 1.165) is 57.8 Å². The van der Waals surface area contributed by atoms with Gasteiger partial charge in [0.25, 0.3) is 5.56 Å². The zero-order valence-electron chi connectivity index (χ0n) is 16.3. The van der Waals surface area contributed by atoms with Gasteiger partial charge in [-0.15, -0.1) is 0 Å². The number of hydrogen-bond acceptors (Lipinski definition) is 6. The van der Waals surface area contributed by atoms with Crippen LogP contribution in [0.1, 0.15) is 70.6 Å². The molecule has 3 rings (SSSR count). The predicted molar refractivity (Wildman–Crippen MR) is 107 cm³/mol. The normalized spacial score (nSPS) is 17.3. The van der Waals surface area contributed by atoms with Gasteiger partial charge in [0.2, 0.25) is 5.95 Å². The Balaban J connectivity index is 1.30. The van der Waals surface area contributed by atoms with Gasteiger partial charge in [0, 0.05) is 19.4 Å². The van der Waals surface area contributed by atoms with E-state index in [2.05, 4.69) is 15.0 Å². The molecule has 0 bridgehead atoms. The molecule has 0 aliphatic heterocycles. The maximum Gasteiger partial charge on any atom is 0.278 e. The predicted octanol–water partition coefficient (Wildman–Crippen LogP) is 2.76. The van der Waals surface area contributed by atoms with Crippen LogP contribution in [0.5, 0.6) is 0 Å². The maximum absolute atomic E-state index is 12.2. The fraction of sp³-hybridized carbons (Fsp3) is 0.650. The van der Waals surface area contributed by atoms with Crippen LogP contribution < -0.4 is 11.3 Å². The van der Waals surface area contributed by atoms with E-state index in [1.54, 1.807) is 6.33 Å². The fourth-order valence-electron chi connectivity index (χ4n) is 3.96. The summed E-state index contributed by atoms with van der Waals surface area (Å²) in [6.07, 6.45) is 11.5. The summed E-state index contributed by atoms with van der Waals surface area (Å²) in [6.45, 7) is 0.716. The van der Waals surface area contributed by atoms with Crippen LogP contribution in [0, 0.1) is 5.92 Å². The molecule has 8 heteroatoms. The third-order valence-electron chi connectivity index (χ3n) is 5.52. The van der Waals surface area contributed by atoms with Gasteiger partial charge in [-0.05, 0) is 25.7 Å². The number of nitrogen functional groups attached to an aromatic ring is 1. The number of nitrogens with two attached hydrogens (primary N) is 1. The summed E-state index contributed by atoms with van der Waals surface area (Å²) in [5.74, 6) is 0.0666. The van der Waals surface area contributed by atoms with Crippen LogP contribution in [0.2, 0.25) is 0 Å². The third kappa shape index (κ3) is 5.05. The molecule has 2 heterocycles. The van der Waals surface area contributed by atoms with Crippen molar-refractivity contribution in [2.75, 3.05) is 5.73 Å². The molecule has 1 unspecified atom stereocenters. The minimum atomic E-state index is -0.313. The average Bonchev–Trinajstić information content (AvgIpc) is 3.07. The highest BCUT2D eigenvalue weighted by atomic mass is 16.2. The van der Waals surface area contributed by atoms with Crippen LogP contribution in [0.15, 0.2) is 11.1 Å². The second kappa shape index (κ2) is 9.61. The number of nitrogens with zero attached hydrogens (tertiary/aromatic N) is 3. The SMILES string of the molecule is Nc1nc2ncn(CCCCCCCCC(=O)C3CCCCC3=O)c2c(=O)[nH]1.